The average molecular weight is 297 g/mol. The zero-order valence-electron chi connectivity index (χ0n) is 10.5. The molecule has 0 N–H and O–H groups in total. The Kier molecular flexibility index (Phi) is 3.30. The Bertz CT molecular complexity index is 464. The van der Waals surface area contributed by atoms with E-state index in [2.05, 4.69) is 15.9 Å². The van der Waals surface area contributed by atoms with Crippen molar-refractivity contribution in [1.29, 1.82) is 0 Å². The first-order valence-corrected chi connectivity index (χ1v) is 6.75. The van der Waals surface area contributed by atoms with Crippen LogP contribution in [0.15, 0.2) is 16.6 Å². The molecule has 0 atom stereocenters. The molecule has 0 saturated carbocycles. The molecule has 0 unspecified atom stereocenters. The molecule has 0 aromatic heterocycles. The number of ketones is 1. The van der Waals surface area contributed by atoms with E-state index in [-0.39, 0.29) is 11.2 Å². The molecule has 2 rings (SSSR count). The number of hydrogen-bond acceptors (Lipinski definition) is 2. The molecule has 0 amide bonds. The number of carbonyl (C=O) groups excluding carboxylic acids is 1. The van der Waals surface area contributed by atoms with Crippen molar-refractivity contribution in [1.82, 2.24) is 0 Å². The van der Waals surface area contributed by atoms with Crippen molar-refractivity contribution < 1.29 is 9.53 Å². The summed E-state index contributed by atoms with van der Waals surface area (Å²) in [6.07, 6.45) is 1.72. The Hall–Kier alpha value is -0.830. The van der Waals surface area contributed by atoms with Crippen molar-refractivity contribution in [3.63, 3.8) is 0 Å². The van der Waals surface area contributed by atoms with Gasteiger partial charge in [-0.05, 0) is 24.1 Å². The van der Waals surface area contributed by atoms with E-state index in [0.717, 1.165) is 34.2 Å². The van der Waals surface area contributed by atoms with Crippen molar-refractivity contribution in [2.75, 3.05) is 6.61 Å². The van der Waals surface area contributed by atoms with Gasteiger partial charge >= 0.3 is 0 Å². The zero-order chi connectivity index (χ0) is 12.6. The summed E-state index contributed by atoms with van der Waals surface area (Å²) in [7, 11) is 0. The molecule has 0 radical (unpaired) electrons. The van der Waals surface area contributed by atoms with Crippen molar-refractivity contribution in [3.05, 3.63) is 27.7 Å². The highest BCUT2D eigenvalue weighted by Crippen LogP contribution is 2.37. The van der Waals surface area contributed by atoms with Crippen LogP contribution in [0.1, 0.15) is 43.1 Å². The molecule has 0 saturated heterocycles. The third-order valence-electron chi connectivity index (χ3n) is 3.49. The fourth-order valence-electron chi connectivity index (χ4n) is 1.96. The van der Waals surface area contributed by atoms with Crippen molar-refractivity contribution in [2.45, 2.75) is 33.6 Å². The lowest BCUT2D eigenvalue weighted by atomic mass is 9.81. The van der Waals surface area contributed by atoms with Crippen LogP contribution in [-0.2, 0) is 6.42 Å². The smallest absolute Gasteiger partial charge is 0.172 e. The van der Waals surface area contributed by atoms with Crippen LogP contribution < -0.4 is 4.74 Å². The van der Waals surface area contributed by atoms with Crippen molar-refractivity contribution in [2.24, 2.45) is 5.41 Å². The minimum atomic E-state index is -0.333. The summed E-state index contributed by atoms with van der Waals surface area (Å²) in [4.78, 5) is 12.5. The minimum absolute atomic E-state index is 0.166. The van der Waals surface area contributed by atoms with Gasteiger partial charge in [-0.15, -0.1) is 0 Å². The van der Waals surface area contributed by atoms with Crippen LogP contribution in [0.2, 0.25) is 0 Å². The lowest BCUT2D eigenvalue weighted by molar-refractivity contribution is 0.0829. The molecular formula is C14H17BrO2. The van der Waals surface area contributed by atoms with Gasteiger partial charge in [0.2, 0.25) is 0 Å². The molecule has 1 aliphatic heterocycles. The topological polar surface area (TPSA) is 26.3 Å². The van der Waals surface area contributed by atoms with Crippen molar-refractivity contribution in [3.8, 4) is 5.75 Å². The minimum Gasteiger partial charge on any atom is -0.492 e. The average Bonchev–Trinajstić information content (AvgIpc) is 2.74. The molecule has 0 aliphatic carbocycles. The van der Waals surface area contributed by atoms with Gasteiger partial charge in [-0.1, -0.05) is 36.7 Å². The largest absolute Gasteiger partial charge is 0.492 e. The Morgan fingerprint density at radius 2 is 2.18 bits per heavy atom. The molecule has 1 heterocycles. The van der Waals surface area contributed by atoms with Crippen LogP contribution in [0, 0.1) is 5.41 Å². The van der Waals surface area contributed by atoms with Gasteiger partial charge in [0.05, 0.1) is 12.2 Å². The van der Waals surface area contributed by atoms with Crippen LogP contribution in [0.3, 0.4) is 0 Å². The quantitative estimate of drug-likeness (QED) is 0.788. The Labute approximate surface area is 110 Å². The predicted octanol–water partition coefficient (Wildman–Crippen LogP) is 4.00. The summed E-state index contributed by atoms with van der Waals surface area (Å²) in [5.41, 5.74) is 1.52. The second-order valence-corrected chi connectivity index (χ2v) is 6.02. The first-order chi connectivity index (χ1) is 7.95. The van der Waals surface area contributed by atoms with Gasteiger partial charge in [0, 0.05) is 16.3 Å². The summed E-state index contributed by atoms with van der Waals surface area (Å²) in [6.45, 7) is 6.69. The maximum absolute atomic E-state index is 12.5. The molecule has 0 spiro atoms. The van der Waals surface area contributed by atoms with Gasteiger partial charge < -0.3 is 4.74 Å². The first kappa shape index (κ1) is 12.6. The van der Waals surface area contributed by atoms with E-state index >= 15 is 0 Å². The maximum Gasteiger partial charge on any atom is 0.172 e. The van der Waals surface area contributed by atoms with E-state index < -0.39 is 0 Å². The highest BCUT2D eigenvalue weighted by molar-refractivity contribution is 9.10. The van der Waals surface area contributed by atoms with E-state index in [1.807, 2.05) is 32.9 Å². The molecule has 17 heavy (non-hydrogen) atoms. The highest BCUT2D eigenvalue weighted by Gasteiger charge is 2.31. The van der Waals surface area contributed by atoms with E-state index in [9.17, 15) is 4.79 Å². The van der Waals surface area contributed by atoms with Gasteiger partial charge in [0.15, 0.2) is 5.78 Å². The highest BCUT2D eigenvalue weighted by atomic mass is 79.9. The van der Waals surface area contributed by atoms with Gasteiger partial charge in [-0.25, -0.2) is 0 Å². The monoisotopic (exact) mass is 296 g/mol. The Morgan fingerprint density at radius 3 is 2.82 bits per heavy atom. The summed E-state index contributed by atoms with van der Waals surface area (Å²) in [5, 5.41) is 0. The number of rotatable bonds is 3. The van der Waals surface area contributed by atoms with Crippen LogP contribution >= 0.6 is 15.9 Å². The summed E-state index contributed by atoms with van der Waals surface area (Å²) in [5.74, 6) is 0.958. The molecule has 1 aliphatic rings. The fourth-order valence-corrected chi connectivity index (χ4v) is 2.47. The zero-order valence-corrected chi connectivity index (χ0v) is 12.1. The van der Waals surface area contributed by atoms with Gasteiger partial charge in [-0.3, -0.25) is 4.79 Å². The van der Waals surface area contributed by atoms with E-state index in [1.165, 1.54) is 0 Å². The molecule has 0 bridgehead atoms. The number of benzene rings is 1. The number of halogens is 1. The number of ether oxygens (including phenoxy) is 1. The summed E-state index contributed by atoms with van der Waals surface area (Å²) < 4.78 is 6.56. The van der Waals surface area contributed by atoms with Crippen molar-refractivity contribution >= 4 is 21.7 Å². The normalized spacial score (nSPS) is 14.4. The molecule has 0 fully saturated rings. The Balaban J connectivity index is 2.49. The van der Waals surface area contributed by atoms with E-state index in [0.29, 0.717) is 6.61 Å². The molecule has 1 aromatic rings. The standard InChI is InChI=1S/C14H17BrO2/c1-4-14(2,3)13(16)11-8-10(15)7-9-5-6-17-12(9)11/h7-8H,4-6H2,1-3H3. The van der Waals surface area contributed by atoms with Crippen LogP contribution in [0.5, 0.6) is 5.75 Å². The number of Topliss-reactive ketones (excluding diaryl/α,β-unsaturated/α-hetero) is 1. The SMILES string of the molecule is CCC(C)(C)C(=O)c1cc(Br)cc2c1OCC2. The first-order valence-electron chi connectivity index (χ1n) is 5.95. The molecule has 92 valence electrons. The lowest BCUT2D eigenvalue weighted by Gasteiger charge is -2.22. The van der Waals surface area contributed by atoms with Crippen LogP contribution in [0.4, 0.5) is 0 Å². The summed E-state index contributed by atoms with van der Waals surface area (Å²) >= 11 is 3.46. The second-order valence-electron chi connectivity index (χ2n) is 5.11. The molecule has 1 aromatic carbocycles. The van der Waals surface area contributed by atoms with Crippen LogP contribution in [0.25, 0.3) is 0 Å². The fraction of sp³-hybridized carbons (Fsp3) is 0.500. The predicted molar refractivity (Wildman–Crippen MR) is 71.7 cm³/mol. The lowest BCUT2D eigenvalue weighted by Crippen LogP contribution is -2.23. The number of carbonyl (C=O) groups is 1. The molecule has 3 heteroatoms. The van der Waals surface area contributed by atoms with Gasteiger partial charge in [-0.2, -0.15) is 0 Å². The van der Waals surface area contributed by atoms with E-state index in [1.54, 1.807) is 0 Å². The Morgan fingerprint density at radius 1 is 1.47 bits per heavy atom. The molecular weight excluding hydrogens is 280 g/mol. The number of fused-ring (bicyclic) bond motifs is 1. The number of hydrogen-bond donors (Lipinski definition) is 0. The van der Waals surface area contributed by atoms with Crippen LogP contribution in [-0.4, -0.2) is 12.4 Å². The van der Waals surface area contributed by atoms with Gasteiger partial charge in [0.1, 0.15) is 5.75 Å². The van der Waals surface area contributed by atoms with Gasteiger partial charge in [0.25, 0.3) is 0 Å². The molecule has 2 nitrogen and oxygen atoms in total. The second kappa shape index (κ2) is 4.45. The summed E-state index contributed by atoms with van der Waals surface area (Å²) in [6, 6.07) is 3.92. The third kappa shape index (κ3) is 2.25. The third-order valence-corrected chi connectivity index (χ3v) is 3.95. The maximum atomic E-state index is 12.5. The van der Waals surface area contributed by atoms with E-state index in [4.69, 9.17) is 4.74 Å².